The Morgan fingerprint density at radius 1 is 1.15 bits per heavy atom. The number of anilines is 1. The summed E-state index contributed by atoms with van der Waals surface area (Å²) < 4.78 is 1.29. The van der Waals surface area contributed by atoms with E-state index in [2.05, 4.69) is 0 Å². The molecule has 0 atom stereocenters. The predicted molar refractivity (Wildman–Crippen MR) is 80.5 cm³/mol. The van der Waals surface area contributed by atoms with Gasteiger partial charge in [0.2, 0.25) is 0 Å². The van der Waals surface area contributed by atoms with Crippen LogP contribution in [-0.4, -0.2) is 4.57 Å². The lowest BCUT2D eigenvalue weighted by molar-refractivity contribution is 0.871. The summed E-state index contributed by atoms with van der Waals surface area (Å²) >= 11 is 0. The van der Waals surface area contributed by atoms with E-state index in [1.54, 1.807) is 13.1 Å². The van der Waals surface area contributed by atoms with Crippen molar-refractivity contribution in [3.63, 3.8) is 0 Å². The molecule has 0 fully saturated rings. The standard InChI is InChI=1S/C16H17N3O/c1-9-5-10(2)15(11(3)6-9)12-7-14(18)19(4)16(20)13(12)8-17/h5-7H,18H2,1-4H3. The van der Waals surface area contributed by atoms with Crippen molar-refractivity contribution in [1.82, 2.24) is 4.57 Å². The van der Waals surface area contributed by atoms with Gasteiger partial charge in [-0.15, -0.1) is 0 Å². The number of hydrogen-bond donors (Lipinski definition) is 1. The molecule has 102 valence electrons. The lowest BCUT2D eigenvalue weighted by Gasteiger charge is -2.14. The average molecular weight is 267 g/mol. The van der Waals surface area contributed by atoms with Crippen LogP contribution in [0, 0.1) is 32.1 Å². The predicted octanol–water partition coefficient (Wildman–Crippen LogP) is 2.43. The highest BCUT2D eigenvalue weighted by molar-refractivity contribution is 5.77. The molecule has 0 aliphatic heterocycles. The van der Waals surface area contributed by atoms with Crippen LogP contribution in [0.3, 0.4) is 0 Å². The van der Waals surface area contributed by atoms with Crippen molar-refractivity contribution >= 4 is 5.82 Å². The van der Waals surface area contributed by atoms with E-state index in [4.69, 9.17) is 5.73 Å². The van der Waals surface area contributed by atoms with Gasteiger partial charge in [0.25, 0.3) is 5.56 Å². The molecule has 2 aromatic rings. The zero-order valence-electron chi connectivity index (χ0n) is 12.1. The molecular weight excluding hydrogens is 250 g/mol. The van der Waals surface area contributed by atoms with Crippen LogP contribution >= 0.6 is 0 Å². The fraction of sp³-hybridized carbons (Fsp3) is 0.250. The molecule has 0 saturated carbocycles. The fourth-order valence-corrected chi connectivity index (χ4v) is 2.63. The van der Waals surface area contributed by atoms with Gasteiger partial charge >= 0.3 is 0 Å². The van der Waals surface area contributed by atoms with Gasteiger partial charge < -0.3 is 5.73 Å². The van der Waals surface area contributed by atoms with Crippen molar-refractivity contribution in [2.75, 3.05) is 5.73 Å². The van der Waals surface area contributed by atoms with E-state index in [1.807, 2.05) is 39.0 Å². The Kier molecular flexibility index (Phi) is 3.37. The van der Waals surface area contributed by atoms with Crippen LogP contribution in [0.15, 0.2) is 23.0 Å². The Bertz CT molecular complexity index is 772. The normalized spacial score (nSPS) is 10.3. The van der Waals surface area contributed by atoms with E-state index in [1.165, 1.54) is 4.57 Å². The molecule has 0 bridgehead atoms. The highest BCUT2D eigenvalue weighted by Crippen LogP contribution is 2.30. The number of nitriles is 1. The second kappa shape index (κ2) is 4.86. The molecule has 2 N–H and O–H groups in total. The topological polar surface area (TPSA) is 71.8 Å². The quantitative estimate of drug-likeness (QED) is 0.862. The van der Waals surface area contributed by atoms with Crippen molar-refractivity contribution in [3.05, 3.63) is 50.8 Å². The second-order valence-electron chi connectivity index (χ2n) is 5.11. The number of nitrogens with two attached hydrogens (primary N) is 1. The number of benzene rings is 1. The Labute approximate surface area is 118 Å². The highest BCUT2D eigenvalue weighted by atomic mass is 16.1. The fourth-order valence-electron chi connectivity index (χ4n) is 2.63. The van der Waals surface area contributed by atoms with Gasteiger partial charge in [-0.2, -0.15) is 5.26 Å². The van der Waals surface area contributed by atoms with Gasteiger partial charge in [-0.1, -0.05) is 17.7 Å². The third kappa shape index (κ3) is 2.08. The van der Waals surface area contributed by atoms with Crippen molar-refractivity contribution in [2.24, 2.45) is 7.05 Å². The molecule has 2 rings (SSSR count). The number of nitrogens with zero attached hydrogens (tertiary/aromatic N) is 2. The van der Waals surface area contributed by atoms with Gasteiger partial charge in [-0.25, -0.2) is 0 Å². The molecule has 4 heteroatoms. The number of rotatable bonds is 1. The first kappa shape index (κ1) is 13.9. The van der Waals surface area contributed by atoms with E-state index in [0.717, 1.165) is 22.3 Å². The first-order chi connectivity index (χ1) is 9.36. The summed E-state index contributed by atoms with van der Waals surface area (Å²) in [5, 5.41) is 9.31. The minimum atomic E-state index is -0.359. The summed E-state index contributed by atoms with van der Waals surface area (Å²) in [5.74, 6) is 0.350. The second-order valence-corrected chi connectivity index (χ2v) is 5.11. The highest BCUT2D eigenvalue weighted by Gasteiger charge is 2.16. The molecule has 1 aromatic carbocycles. The molecular formula is C16H17N3O. The maximum absolute atomic E-state index is 12.2. The van der Waals surface area contributed by atoms with Gasteiger partial charge in [0.1, 0.15) is 17.5 Å². The van der Waals surface area contributed by atoms with Crippen LogP contribution in [0.5, 0.6) is 0 Å². The molecule has 0 radical (unpaired) electrons. The van der Waals surface area contributed by atoms with E-state index >= 15 is 0 Å². The van der Waals surface area contributed by atoms with Crippen LogP contribution in [0.4, 0.5) is 5.82 Å². The molecule has 1 aromatic heterocycles. The number of aryl methyl sites for hydroxylation is 3. The summed E-state index contributed by atoms with van der Waals surface area (Å²) in [6.07, 6.45) is 0. The Hall–Kier alpha value is -2.54. The molecule has 0 spiro atoms. The van der Waals surface area contributed by atoms with Gasteiger partial charge in [0.05, 0.1) is 0 Å². The largest absolute Gasteiger partial charge is 0.385 e. The van der Waals surface area contributed by atoms with Crippen LogP contribution in [0.1, 0.15) is 22.3 Å². The summed E-state index contributed by atoms with van der Waals surface area (Å²) in [5.41, 5.74) is 10.4. The van der Waals surface area contributed by atoms with Crippen molar-refractivity contribution in [1.29, 1.82) is 5.26 Å². The molecule has 0 aliphatic rings. The average Bonchev–Trinajstić information content (AvgIpc) is 2.35. The molecule has 4 nitrogen and oxygen atoms in total. The summed E-state index contributed by atoms with van der Waals surface area (Å²) in [6.45, 7) is 5.97. The Balaban J connectivity index is 2.92. The van der Waals surface area contributed by atoms with E-state index in [0.29, 0.717) is 11.4 Å². The minimum absolute atomic E-state index is 0.136. The minimum Gasteiger partial charge on any atom is -0.385 e. The van der Waals surface area contributed by atoms with Crippen LogP contribution in [0.2, 0.25) is 0 Å². The first-order valence-electron chi connectivity index (χ1n) is 6.34. The first-order valence-corrected chi connectivity index (χ1v) is 6.34. The van der Waals surface area contributed by atoms with Gasteiger partial charge in [0.15, 0.2) is 0 Å². The molecule has 0 aliphatic carbocycles. The maximum Gasteiger partial charge on any atom is 0.270 e. The van der Waals surface area contributed by atoms with Crippen molar-refractivity contribution in [3.8, 4) is 17.2 Å². The summed E-state index contributed by atoms with van der Waals surface area (Å²) in [7, 11) is 1.57. The smallest absolute Gasteiger partial charge is 0.270 e. The molecule has 0 unspecified atom stereocenters. The number of nitrogen functional groups attached to an aromatic ring is 1. The molecule has 20 heavy (non-hydrogen) atoms. The van der Waals surface area contributed by atoms with Crippen molar-refractivity contribution < 1.29 is 0 Å². The summed E-state index contributed by atoms with van der Waals surface area (Å²) in [4.78, 5) is 12.2. The lowest BCUT2D eigenvalue weighted by Crippen LogP contribution is -2.23. The number of hydrogen-bond acceptors (Lipinski definition) is 3. The van der Waals surface area contributed by atoms with Crippen molar-refractivity contribution in [2.45, 2.75) is 20.8 Å². The monoisotopic (exact) mass is 267 g/mol. The third-order valence-corrected chi connectivity index (χ3v) is 3.53. The molecule has 1 heterocycles. The Morgan fingerprint density at radius 2 is 1.70 bits per heavy atom. The van der Waals surface area contributed by atoms with Crippen LogP contribution in [0.25, 0.3) is 11.1 Å². The number of pyridine rings is 1. The van der Waals surface area contributed by atoms with E-state index in [9.17, 15) is 10.1 Å². The number of aromatic nitrogens is 1. The third-order valence-electron chi connectivity index (χ3n) is 3.53. The lowest BCUT2D eigenvalue weighted by atomic mass is 9.92. The van der Waals surface area contributed by atoms with Crippen LogP contribution in [-0.2, 0) is 7.05 Å². The zero-order valence-corrected chi connectivity index (χ0v) is 12.1. The van der Waals surface area contributed by atoms with E-state index < -0.39 is 0 Å². The van der Waals surface area contributed by atoms with Gasteiger partial charge in [0, 0.05) is 12.6 Å². The SMILES string of the molecule is Cc1cc(C)c(-c2cc(N)n(C)c(=O)c2C#N)c(C)c1. The summed E-state index contributed by atoms with van der Waals surface area (Å²) in [6, 6.07) is 7.79. The van der Waals surface area contributed by atoms with Gasteiger partial charge in [-0.05, 0) is 43.5 Å². The molecule has 0 amide bonds. The van der Waals surface area contributed by atoms with E-state index in [-0.39, 0.29) is 11.1 Å². The Morgan fingerprint density at radius 3 is 2.20 bits per heavy atom. The molecule has 0 saturated heterocycles. The van der Waals surface area contributed by atoms with Gasteiger partial charge in [-0.3, -0.25) is 9.36 Å². The van der Waals surface area contributed by atoms with Crippen LogP contribution < -0.4 is 11.3 Å². The maximum atomic E-state index is 12.2. The zero-order chi connectivity index (χ0) is 15.0.